The van der Waals surface area contributed by atoms with Crippen molar-refractivity contribution in [1.29, 1.82) is 0 Å². The van der Waals surface area contributed by atoms with Gasteiger partial charge in [-0.2, -0.15) is 0 Å². The molecule has 3 rings (SSSR count). The first-order chi connectivity index (χ1) is 14.1. The van der Waals surface area contributed by atoms with Gasteiger partial charge in [-0.05, 0) is 49.5 Å². The predicted octanol–water partition coefficient (Wildman–Crippen LogP) is 3.31. The topological polar surface area (TPSA) is 74.2 Å². The third kappa shape index (κ3) is 7.07. The summed E-state index contributed by atoms with van der Waals surface area (Å²) in [6, 6.07) is 10.1. The Balaban J connectivity index is 1.51. The van der Waals surface area contributed by atoms with Crippen molar-refractivity contribution in [3.05, 3.63) is 35.9 Å². The normalized spacial score (nSPS) is 29.7. The molecule has 0 aromatic heterocycles. The van der Waals surface area contributed by atoms with Crippen LogP contribution >= 0.6 is 0 Å². The van der Waals surface area contributed by atoms with Crippen LogP contribution in [0.1, 0.15) is 44.6 Å². The minimum atomic E-state index is -0.434. The van der Waals surface area contributed by atoms with Crippen LogP contribution in [0.25, 0.3) is 0 Å². The average Bonchev–Trinajstić information content (AvgIpc) is 3.04. The molecule has 0 radical (unpaired) electrons. The van der Waals surface area contributed by atoms with Gasteiger partial charge in [0, 0.05) is 26.1 Å². The molecule has 1 N–H and O–H groups in total. The molecule has 1 aromatic rings. The number of esters is 1. The van der Waals surface area contributed by atoms with Gasteiger partial charge in [0.05, 0.1) is 25.9 Å². The van der Waals surface area contributed by atoms with Gasteiger partial charge >= 0.3 is 5.97 Å². The second kappa shape index (κ2) is 11.6. The van der Waals surface area contributed by atoms with Crippen molar-refractivity contribution in [3.63, 3.8) is 0 Å². The van der Waals surface area contributed by atoms with Crippen LogP contribution in [-0.4, -0.2) is 49.9 Å². The third-order valence-electron chi connectivity index (χ3n) is 6.01. The van der Waals surface area contributed by atoms with Gasteiger partial charge in [-0.3, -0.25) is 4.79 Å². The third-order valence-corrected chi connectivity index (χ3v) is 6.01. The van der Waals surface area contributed by atoms with Crippen molar-refractivity contribution < 1.29 is 28.8 Å². The van der Waals surface area contributed by atoms with Crippen molar-refractivity contribution >= 4 is 5.97 Å². The minimum absolute atomic E-state index is 0.0647. The van der Waals surface area contributed by atoms with Gasteiger partial charge in [-0.15, -0.1) is 0 Å². The number of aliphatic hydroxyl groups is 1. The van der Waals surface area contributed by atoms with Crippen molar-refractivity contribution in [2.75, 3.05) is 26.4 Å². The number of carbonyl (C=O) groups is 1. The van der Waals surface area contributed by atoms with Crippen molar-refractivity contribution in [1.82, 2.24) is 0 Å². The minimum Gasteiger partial charge on any atom is -0.466 e. The van der Waals surface area contributed by atoms with Gasteiger partial charge in [0.15, 0.2) is 6.29 Å². The van der Waals surface area contributed by atoms with Gasteiger partial charge in [-0.1, -0.05) is 30.3 Å². The molecule has 29 heavy (non-hydrogen) atoms. The number of carbonyl (C=O) groups excluding carboxylic acids is 1. The van der Waals surface area contributed by atoms with E-state index in [9.17, 15) is 9.90 Å². The first-order valence-electron chi connectivity index (χ1n) is 10.8. The quantitative estimate of drug-likeness (QED) is 0.475. The summed E-state index contributed by atoms with van der Waals surface area (Å²) in [5, 5.41) is 10.7. The van der Waals surface area contributed by atoms with Crippen LogP contribution in [-0.2, 0) is 30.3 Å². The van der Waals surface area contributed by atoms with Crippen LogP contribution in [0.4, 0.5) is 0 Å². The maximum atomic E-state index is 11.3. The summed E-state index contributed by atoms with van der Waals surface area (Å²) in [5.41, 5.74) is 1.14. The molecule has 1 saturated carbocycles. The second-order valence-electron chi connectivity index (χ2n) is 8.15. The SMILES string of the molecule is CC(=O)OCC1CC(O)C(CCOCc2ccccc2)C1COC1CCCCO1. The van der Waals surface area contributed by atoms with Crippen LogP contribution in [0, 0.1) is 17.8 Å². The Labute approximate surface area is 173 Å². The van der Waals surface area contributed by atoms with E-state index in [0.29, 0.717) is 32.8 Å². The van der Waals surface area contributed by atoms with Crippen molar-refractivity contribution in [2.45, 2.75) is 58.0 Å². The van der Waals surface area contributed by atoms with Crippen LogP contribution in [0.15, 0.2) is 30.3 Å². The zero-order valence-electron chi connectivity index (χ0n) is 17.3. The van der Waals surface area contributed by atoms with Crippen LogP contribution in [0.3, 0.4) is 0 Å². The molecule has 5 atom stereocenters. The number of hydrogen-bond donors (Lipinski definition) is 1. The van der Waals surface area contributed by atoms with Crippen molar-refractivity contribution in [3.8, 4) is 0 Å². The lowest BCUT2D eigenvalue weighted by atomic mass is 9.88. The fourth-order valence-corrected chi connectivity index (χ4v) is 4.42. The first kappa shape index (κ1) is 22.2. The summed E-state index contributed by atoms with van der Waals surface area (Å²) in [4.78, 5) is 11.3. The highest BCUT2D eigenvalue weighted by atomic mass is 16.7. The molecule has 0 spiro atoms. The largest absolute Gasteiger partial charge is 0.466 e. The van der Waals surface area contributed by atoms with Crippen LogP contribution < -0.4 is 0 Å². The zero-order valence-corrected chi connectivity index (χ0v) is 17.3. The summed E-state index contributed by atoms with van der Waals surface area (Å²) in [7, 11) is 0. The highest BCUT2D eigenvalue weighted by Crippen LogP contribution is 2.40. The number of ether oxygens (including phenoxy) is 4. The van der Waals surface area contributed by atoms with E-state index in [1.54, 1.807) is 0 Å². The molecule has 0 bridgehead atoms. The van der Waals surface area contributed by atoms with E-state index in [0.717, 1.165) is 37.9 Å². The van der Waals surface area contributed by atoms with Gasteiger partial charge in [0.2, 0.25) is 0 Å². The number of benzene rings is 1. The molecule has 2 fully saturated rings. The lowest BCUT2D eigenvalue weighted by molar-refractivity contribution is -0.175. The van der Waals surface area contributed by atoms with Crippen LogP contribution in [0.5, 0.6) is 0 Å². The smallest absolute Gasteiger partial charge is 0.302 e. The highest BCUT2D eigenvalue weighted by Gasteiger charge is 2.43. The van der Waals surface area contributed by atoms with Gasteiger partial charge < -0.3 is 24.1 Å². The lowest BCUT2D eigenvalue weighted by Gasteiger charge is -2.29. The number of rotatable bonds is 10. The lowest BCUT2D eigenvalue weighted by Crippen LogP contribution is -2.31. The second-order valence-corrected chi connectivity index (χ2v) is 8.15. The summed E-state index contributed by atoms with van der Waals surface area (Å²) in [5.74, 6) is -0.00819. The standard InChI is InChI=1S/C23H34O6/c1-17(24)28-15-19-13-22(25)20(10-12-26-14-18-7-3-2-4-8-18)21(19)16-29-23-9-5-6-11-27-23/h2-4,7-8,19-23,25H,5-6,9-16H2,1H3. The van der Waals surface area contributed by atoms with E-state index in [4.69, 9.17) is 18.9 Å². The predicted molar refractivity (Wildman–Crippen MR) is 108 cm³/mol. The summed E-state index contributed by atoms with van der Waals surface area (Å²) >= 11 is 0. The summed E-state index contributed by atoms with van der Waals surface area (Å²) in [6.07, 6.45) is 3.89. The average molecular weight is 407 g/mol. The Morgan fingerprint density at radius 1 is 1.17 bits per heavy atom. The molecular weight excluding hydrogens is 372 g/mol. The van der Waals surface area contributed by atoms with E-state index in [1.165, 1.54) is 6.92 Å². The van der Waals surface area contributed by atoms with Gasteiger partial charge in [0.25, 0.3) is 0 Å². The molecule has 1 saturated heterocycles. The summed E-state index contributed by atoms with van der Waals surface area (Å²) < 4.78 is 22.8. The fraction of sp³-hybridized carbons (Fsp3) is 0.696. The zero-order chi connectivity index (χ0) is 20.5. The molecule has 1 heterocycles. The van der Waals surface area contributed by atoms with E-state index < -0.39 is 6.10 Å². The Bertz CT molecular complexity index is 601. The fourth-order valence-electron chi connectivity index (χ4n) is 4.42. The molecule has 162 valence electrons. The monoisotopic (exact) mass is 406 g/mol. The summed E-state index contributed by atoms with van der Waals surface area (Å²) in [6.45, 7) is 4.14. The highest BCUT2D eigenvalue weighted by molar-refractivity contribution is 5.65. The molecule has 1 aliphatic carbocycles. The Kier molecular flexibility index (Phi) is 8.92. The number of aliphatic hydroxyl groups excluding tert-OH is 1. The Hall–Kier alpha value is -1.47. The molecular formula is C23H34O6. The molecule has 6 heteroatoms. The van der Waals surface area contributed by atoms with E-state index in [1.807, 2.05) is 30.3 Å². The van der Waals surface area contributed by atoms with Crippen molar-refractivity contribution in [2.24, 2.45) is 17.8 Å². The Morgan fingerprint density at radius 3 is 2.72 bits per heavy atom. The first-order valence-corrected chi connectivity index (χ1v) is 10.8. The molecule has 2 aliphatic rings. The number of hydrogen-bond acceptors (Lipinski definition) is 6. The molecule has 6 nitrogen and oxygen atoms in total. The van der Waals surface area contributed by atoms with Crippen LogP contribution in [0.2, 0.25) is 0 Å². The molecule has 5 unspecified atom stereocenters. The molecule has 1 aromatic carbocycles. The van der Waals surface area contributed by atoms with Gasteiger partial charge in [0.1, 0.15) is 0 Å². The maximum absolute atomic E-state index is 11.3. The van der Waals surface area contributed by atoms with Gasteiger partial charge in [-0.25, -0.2) is 0 Å². The maximum Gasteiger partial charge on any atom is 0.302 e. The molecule has 1 aliphatic heterocycles. The van der Waals surface area contributed by atoms with E-state index in [-0.39, 0.29) is 30.0 Å². The molecule has 0 amide bonds. The van der Waals surface area contributed by atoms with E-state index >= 15 is 0 Å². The van der Waals surface area contributed by atoms with E-state index in [2.05, 4.69) is 0 Å². The Morgan fingerprint density at radius 2 is 2.00 bits per heavy atom.